The van der Waals surface area contributed by atoms with Crippen LogP contribution in [0.3, 0.4) is 0 Å². The molecule has 0 spiro atoms. The van der Waals surface area contributed by atoms with E-state index in [2.05, 4.69) is 5.32 Å². The maximum Gasteiger partial charge on any atom is 0.264 e. The van der Waals surface area contributed by atoms with Crippen LogP contribution in [-0.4, -0.2) is 44.3 Å². The van der Waals surface area contributed by atoms with Gasteiger partial charge in [-0.05, 0) is 73.5 Å². The summed E-state index contributed by atoms with van der Waals surface area (Å²) in [6.45, 7) is 3.32. The van der Waals surface area contributed by atoms with Crippen LogP contribution in [0.25, 0.3) is 0 Å². The molecule has 4 rings (SSSR count). The first kappa shape index (κ1) is 33.3. The first-order valence-corrected chi connectivity index (χ1v) is 16.5. The van der Waals surface area contributed by atoms with Gasteiger partial charge in [0.25, 0.3) is 10.0 Å². The highest BCUT2D eigenvalue weighted by Crippen LogP contribution is 2.28. The lowest BCUT2D eigenvalue weighted by Gasteiger charge is -2.34. The summed E-state index contributed by atoms with van der Waals surface area (Å²) in [7, 11) is -4.22. The molecule has 1 atom stereocenters. The van der Waals surface area contributed by atoms with E-state index in [9.17, 15) is 18.0 Å². The first-order chi connectivity index (χ1) is 21.0. The number of nitrogens with zero attached hydrogens (tertiary/aromatic N) is 2. The Morgan fingerprint density at radius 2 is 1.48 bits per heavy atom. The van der Waals surface area contributed by atoms with E-state index >= 15 is 0 Å². The van der Waals surface area contributed by atoms with Gasteiger partial charge in [0.05, 0.1) is 10.6 Å². The van der Waals surface area contributed by atoms with E-state index in [0.717, 1.165) is 15.4 Å². The maximum atomic E-state index is 14.4. The summed E-state index contributed by atoms with van der Waals surface area (Å²) in [5, 5.41) is 3.97. The number of rotatable bonds is 12. The summed E-state index contributed by atoms with van der Waals surface area (Å²) in [5.41, 5.74) is 2.50. The van der Waals surface area contributed by atoms with E-state index in [1.54, 1.807) is 49.4 Å². The standard InChI is InChI=1S/C33H32Cl3N3O4S/c1-3-37-33(41)31(19-24-7-5-4-6-8-24)38(21-25-11-12-27(35)20-30(25)36)32(40)22-39(28-15-13-26(34)14-16-28)44(42,43)29-17-9-23(2)10-18-29/h4-18,20,31H,3,19,21-22H2,1-2H3,(H,37,41)/t31-/m1/s1. The lowest BCUT2D eigenvalue weighted by Crippen LogP contribution is -2.53. The van der Waals surface area contributed by atoms with Crippen molar-refractivity contribution in [2.75, 3.05) is 17.4 Å². The molecular weight excluding hydrogens is 641 g/mol. The Morgan fingerprint density at radius 1 is 0.841 bits per heavy atom. The second kappa shape index (κ2) is 14.9. The Hall–Kier alpha value is -3.56. The van der Waals surface area contributed by atoms with Crippen molar-refractivity contribution < 1.29 is 18.0 Å². The van der Waals surface area contributed by atoms with Crippen molar-refractivity contribution in [3.63, 3.8) is 0 Å². The Bertz CT molecular complexity index is 1700. The number of hydrogen-bond acceptors (Lipinski definition) is 4. The van der Waals surface area contributed by atoms with E-state index in [0.29, 0.717) is 27.2 Å². The van der Waals surface area contributed by atoms with Gasteiger partial charge in [-0.2, -0.15) is 0 Å². The van der Waals surface area contributed by atoms with Crippen LogP contribution in [0.2, 0.25) is 15.1 Å². The van der Waals surface area contributed by atoms with Gasteiger partial charge < -0.3 is 10.2 Å². The third kappa shape index (κ3) is 8.33. The molecule has 0 radical (unpaired) electrons. The van der Waals surface area contributed by atoms with Crippen molar-refractivity contribution >= 4 is 62.3 Å². The zero-order chi connectivity index (χ0) is 31.9. The van der Waals surface area contributed by atoms with E-state index in [1.165, 1.54) is 29.2 Å². The van der Waals surface area contributed by atoms with Crippen LogP contribution in [-0.2, 0) is 32.6 Å². The van der Waals surface area contributed by atoms with Crippen LogP contribution in [0.4, 0.5) is 5.69 Å². The number of benzene rings is 4. The fraction of sp³-hybridized carbons (Fsp3) is 0.212. The summed E-state index contributed by atoms with van der Waals surface area (Å²) in [6, 6.07) is 25.7. The SMILES string of the molecule is CCNC(=O)[C@@H](Cc1ccccc1)N(Cc1ccc(Cl)cc1Cl)C(=O)CN(c1ccc(Cl)cc1)S(=O)(=O)c1ccc(C)cc1. The predicted octanol–water partition coefficient (Wildman–Crippen LogP) is 6.93. The van der Waals surface area contributed by atoms with E-state index < -0.39 is 28.5 Å². The molecule has 0 aliphatic heterocycles. The summed E-state index contributed by atoms with van der Waals surface area (Å²) in [4.78, 5) is 29.3. The van der Waals surface area contributed by atoms with E-state index in [4.69, 9.17) is 34.8 Å². The fourth-order valence-electron chi connectivity index (χ4n) is 4.65. The highest BCUT2D eigenvalue weighted by Gasteiger charge is 2.34. The Balaban J connectivity index is 1.81. The number of aryl methyl sites for hydroxylation is 1. The zero-order valence-electron chi connectivity index (χ0n) is 24.2. The van der Waals surface area contributed by atoms with Crippen molar-refractivity contribution in [2.45, 2.75) is 37.8 Å². The van der Waals surface area contributed by atoms with Crippen molar-refractivity contribution in [1.29, 1.82) is 0 Å². The van der Waals surface area contributed by atoms with Gasteiger partial charge in [-0.3, -0.25) is 13.9 Å². The topological polar surface area (TPSA) is 86.8 Å². The minimum absolute atomic E-state index is 0.0164. The molecule has 0 bridgehead atoms. The van der Waals surface area contributed by atoms with Gasteiger partial charge in [0.1, 0.15) is 12.6 Å². The molecule has 230 valence electrons. The van der Waals surface area contributed by atoms with E-state index in [-0.39, 0.29) is 29.5 Å². The van der Waals surface area contributed by atoms with Crippen LogP contribution >= 0.6 is 34.8 Å². The largest absolute Gasteiger partial charge is 0.355 e. The molecule has 44 heavy (non-hydrogen) atoms. The summed E-state index contributed by atoms with van der Waals surface area (Å²) < 4.78 is 29.1. The zero-order valence-corrected chi connectivity index (χ0v) is 27.3. The molecule has 0 fully saturated rings. The summed E-state index contributed by atoms with van der Waals surface area (Å²) in [6.07, 6.45) is 0.190. The van der Waals surface area contributed by atoms with Crippen LogP contribution in [0, 0.1) is 6.92 Å². The summed E-state index contributed by atoms with van der Waals surface area (Å²) >= 11 is 18.8. The third-order valence-electron chi connectivity index (χ3n) is 6.98. The van der Waals surface area contributed by atoms with Crippen molar-refractivity contribution in [2.24, 2.45) is 0 Å². The van der Waals surface area contributed by atoms with Gasteiger partial charge in [-0.25, -0.2) is 8.42 Å². The van der Waals surface area contributed by atoms with Crippen LogP contribution in [0.15, 0.2) is 102 Å². The van der Waals surface area contributed by atoms with Crippen LogP contribution in [0.1, 0.15) is 23.6 Å². The molecule has 0 saturated heterocycles. The molecule has 0 saturated carbocycles. The van der Waals surface area contributed by atoms with Gasteiger partial charge in [-0.15, -0.1) is 0 Å². The van der Waals surface area contributed by atoms with Gasteiger partial charge in [-0.1, -0.05) is 88.9 Å². The predicted molar refractivity (Wildman–Crippen MR) is 177 cm³/mol. The van der Waals surface area contributed by atoms with Gasteiger partial charge in [0, 0.05) is 34.6 Å². The first-order valence-electron chi connectivity index (χ1n) is 13.9. The van der Waals surface area contributed by atoms with Gasteiger partial charge in [0.2, 0.25) is 11.8 Å². The molecule has 4 aromatic carbocycles. The number of sulfonamides is 1. The highest BCUT2D eigenvalue weighted by atomic mass is 35.5. The molecule has 2 amide bonds. The fourth-order valence-corrected chi connectivity index (χ4v) is 6.66. The van der Waals surface area contributed by atoms with Crippen LogP contribution in [0.5, 0.6) is 0 Å². The number of anilines is 1. The highest BCUT2D eigenvalue weighted by molar-refractivity contribution is 7.92. The maximum absolute atomic E-state index is 14.4. The molecule has 4 aromatic rings. The monoisotopic (exact) mass is 671 g/mol. The van der Waals surface area contributed by atoms with E-state index in [1.807, 2.05) is 37.3 Å². The average molecular weight is 673 g/mol. The lowest BCUT2D eigenvalue weighted by atomic mass is 10.0. The number of likely N-dealkylation sites (N-methyl/N-ethyl adjacent to an activating group) is 1. The number of nitrogens with one attached hydrogen (secondary N) is 1. The molecule has 0 heterocycles. The van der Waals surface area contributed by atoms with Crippen molar-refractivity contribution in [3.8, 4) is 0 Å². The quantitative estimate of drug-likeness (QED) is 0.177. The van der Waals surface area contributed by atoms with Gasteiger partial charge in [0.15, 0.2) is 0 Å². The normalized spacial score (nSPS) is 11.9. The molecule has 0 aliphatic rings. The second-order valence-electron chi connectivity index (χ2n) is 10.2. The van der Waals surface area contributed by atoms with Crippen molar-refractivity contribution in [3.05, 3.63) is 129 Å². The number of carbonyl (C=O) groups is 2. The lowest BCUT2D eigenvalue weighted by molar-refractivity contribution is -0.140. The average Bonchev–Trinajstić information content (AvgIpc) is 3.00. The molecular formula is C33H32Cl3N3O4S. The second-order valence-corrected chi connectivity index (χ2v) is 13.3. The number of carbonyl (C=O) groups excluding carboxylic acids is 2. The Labute approximate surface area is 273 Å². The number of halogens is 3. The third-order valence-corrected chi connectivity index (χ3v) is 9.61. The van der Waals surface area contributed by atoms with Crippen molar-refractivity contribution in [1.82, 2.24) is 10.2 Å². The Morgan fingerprint density at radius 3 is 2.09 bits per heavy atom. The minimum atomic E-state index is -4.22. The van der Waals surface area contributed by atoms with Gasteiger partial charge >= 0.3 is 0 Å². The Kier molecular flexibility index (Phi) is 11.3. The number of hydrogen-bond donors (Lipinski definition) is 1. The minimum Gasteiger partial charge on any atom is -0.355 e. The van der Waals surface area contributed by atoms with Crippen LogP contribution < -0.4 is 9.62 Å². The molecule has 7 nitrogen and oxygen atoms in total. The smallest absolute Gasteiger partial charge is 0.264 e. The summed E-state index contributed by atoms with van der Waals surface area (Å²) in [5.74, 6) is -0.983. The molecule has 11 heteroatoms. The molecule has 0 aromatic heterocycles. The number of amides is 2. The molecule has 1 N–H and O–H groups in total. The molecule has 0 aliphatic carbocycles. The molecule has 0 unspecified atom stereocenters.